The summed E-state index contributed by atoms with van der Waals surface area (Å²) >= 11 is 0. The van der Waals surface area contributed by atoms with Crippen LogP contribution >= 0.6 is 0 Å². The minimum Gasteiger partial charge on any atom is -0.507 e. The lowest BCUT2D eigenvalue weighted by molar-refractivity contribution is -0.150. The van der Waals surface area contributed by atoms with Crippen molar-refractivity contribution in [3.05, 3.63) is 28.8 Å². The van der Waals surface area contributed by atoms with Crippen LogP contribution < -0.4 is 0 Å². The van der Waals surface area contributed by atoms with Crippen molar-refractivity contribution in [1.29, 1.82) is 0 Å². The number of ether oxygens (including phenoxy) is 1. The van der Waals surface area contributed by atoms with Gasteiger partial charge in [-0.25, -0.2) is 0 Å². The molecular weight excluding hydrogens is 302 g/mol. The van der Waals surface area contributed by atoms with Gasteiger partial charge in [-0.15, -0.1) is 0 Å². The van der Waals surface area contributed by atoms with Crippen molar-refractivity contribution in [2.45, 2.75) is 59.4 Å². The Kier molecular flexibility index (Phi) is 5.92. The molecule has 0 aliphatic carbocycles. The number of phenols is 1. The van der Waals surface area contributed by atoms with Crippen LogP contribution in [0.15, 0.2) is 12.1 Å². The molecule has 0 aromatic heterocycles. The number of esters is 1. The summed E-state index contributed by atoms with van der Waals surface area (Å²) in [7, 11) is 0. The molecule has 24 heavy (non-hydrogen) atoms. The monoisotopic (exact) mass is 333 g/mol. The number of rotatable bonds is 4. The van der Waals surface area contributed by atoms with Crippen LogP contribution in [0.2, 0.25) is 0 Å². The standard InChI is InChI=1S/C20H31NO3/c1-6-24-19(23)15-8-7-9-21(12-15)13-16-10-14(2)11-17(18(16)22)20(3,4)5/h10-11,15,22H,6-9,12-13H2,1-5H3. The summed E-state index contributed by atoms with van der Waals surface area (Å²) in [5, 5.41) is 10.7. The van der Waals surface area contributed by atoms with Crippen molar-refractivity contribution in [1.82, 2.24) is 4.90 Å². The molecule has 0 spiro atoms. The molecule has 1 aromatic carbocycles. The molecule has 0 amide bonds. The second-order valence-electron chi connectivity index (χ2n) is 7.90. The first kappa shape index (κ1) is 18.8. The van der Waals surface area contributed by atoms with Gasteiger partial charge in [0.05, 0.1) is 12.5 Å². The Morgan fingerprint density at radius 3 is 2.71 bits per heavy atom. The van der Waals surface area contributed by atoms with Gasteiger partial charge in [-0.05, 0) is 44.2 Å². The SMILES string of the molecule is CCOC(=O)C1CCCN(Cc2cc(C)cc(C(C)(C)C)c2O)C1. The lowest BCUT2D eigenvalue weighted by Crippen LogP contribution is -2.39. The summed E-state index contributed by atoms with van der Waals surface area (Å²) in [4.78, 5) is 14.3. The fraction of sp³-hybridized carbons (Fsp3) is 0.650. The third kappa shape index (κ3) is 4.50. The quantitative estimate of drug-likeness (QED) is 0.852. The van der Waals surface area contributed by atoms with Gasteiger partial charge < -0.3 is 9.84 Å². The number of carbonyl (C=O) groups excluding carboxylic acids is 1. The Hall–Kier alpha value is -1.55. The van der Waals surface area contributed by atoms with Gasteiger partial charge in [-0.2, -0.15) is 0 Å². The molecule has 4 nitrogen and oxygen atoms in total. The molecule has 1 unspecified atom stereocenters. The minimum absolute atomic E-state index is 0.0484. The first-order chi connectivity index (χ1) is 11.2. The van der Waals surface area contributed by atoms with E-state index in [9.17, 15) is 9.90 Å². The van der Waals surface area contributed by atoms with E-state index in [0.29, 0.717) is 25.4 Å². The molecule has 1 fully saturated rings. The van der Waals surface area contributed by atoms with E-state index in [1.807, 2.05) is 6.92 Å². The highest BCUT2D eigenvalue weighted by molar-refractivity contribution is 5.72. The lowest BCUT2D eigenvalue weighted by Gasteiger charge is -2.32. The average molecular weight is 333 g/mol. The highest BCUT2D eigenvalue weighted by Crippen LogP contribution is 2.35. The zero-order chi connectivity index (χ0) is 17.9. The van der Waals surface area contributed by atoms with Gasteiger partial charge in [0.2, 0.25) is 0 Å². The maximum atomic E-state index is 12.0. The van der Waals surface area contributed by atoms with Crippen molar-refractivity contribution >= 4 is 5.97 Å². The molecule has 4 heteroatoms. The van der Waals surface area contributed by atoms with Gasteiger partial charge >= 0.3 is 5.97 Å². The number of piperidine rings is 1. The van der Waals surface area contributed by atoms with Gasteiger partial charge in [0, 0.05) is 18.7 Å². The van der Waals surface area contributed by atoms with E-state index in [4.69, 9.17) is 4.74 Å². The smallest absolute Gasteiger partial charge is 0.310 e. The minimum atomic E-state index is -0.0970. The first-order valence-electron chi connectivity index (χ1n) is 8.94. The van der Waals surface area contributed by atoms with E-state index in [1.165, 1.54) is 0 Å². The number of aromatic hydroxyl groups is 1. The molecule has 1 heterocycles. The highest BCUT2D eigenvalue weighted by Gasteiger charge is 2.28. The number of phenolic OH excluding ortho intramolecular Hbond substituents is 1. The van der Waals surface area contributed by atoms with Gasteiger partial charge in [0.15, 0.2) is 0 Å². The Morgan fingerprint density at radius 2 is 2.08 bits per heavy atom. The van der Waals surface area contributed by atoms with Crippen molar-refractivity contribution in [2.75, 3.05) is 19.7 Å². The van der Waals surface area contributed by atoms with Crippen LogP contribution in [0.25, 0.3) is 0 Å². The van der Waals surface area contributed by atoms with E-state index in [1.54, 1.807) is 0 Å². The van der Waals surface area contributed by atoms with Crippen LogP contribution in [0.4, 0.5) is 0 Å². The fourth-order valence-electron chi connectivity index (χ4n) is 3.44. The average Bonchev–Trinajstić information content (AvgIpc) is 2.50. The molecule has 1 atom stereocenters. The third-order valence-electron chi connectivity index (χ3n) is 4.66. The zero-order valence-corrected chi connectivity index (χ0v) is 15.7. The molecule has 1 N–H and O–H groups in total. The Bertz CT molecular complexity index is 589. The summed E-state index contributed by atoms with van der Waals surface area (Å²) in [6.45, 7) is 13.0. The van der Waals surface area contributed by atoms with Gasteiger partial charge in [-0.3, -0.25) is 9.69 Å². The van der Waals surface area contributed by atoms with Crippen LogP contribution in [0.3, 0.4) is 0 Å². The summed E-state index contributed by atoms with van der Waals surface area (Å²) in [5.41, 5.74) is 2.99. The topological polar surface area (TPSA) is 49.8 Å². The van der Waals surface area contributed by atoms with Crippen molar-refractivity contribution in [3.8, 4) is 5.75 Å². The predicted molar refractivity (Wildman–Crippen MR) is 96.2 cm³/mol. The van der Waals surface area contributed by atoms with E-state index in [0.717, 1.165) is 36.1 Å². The number of nitrogens with zero attached hydrogens (tertiary/aromatic N) is 1. The second kappa shape index (κ2) is 7.56. The molecule has 134 valence electrons. The predicted octanol–water partition coefficient (Wildman–Crippen LogP) is 3.77. The number of aryl methyl sites for hydroxylation is 1. The molecule has 0 bridgehead atoms. The Labute approximate surface area is 145 Å². The maximum absolute atomic E-state index is 12.0. The van der Waals surface area contributed by atoms with Gasteiger partial charge in [0.1, 0.15) is 5.75 Å². The van der Waals surface area contributed by atoms with E-state index in [-0.39, 0.29) is 17.3 Å². The van der Waals surface area contributed by atoms with E-state index in [2.05, 4.69) is 44.7 Å². The van der Waals surface area contributed by atoms with E-state index < -0.39 is 0 Å². The largest absolute Gasteiger partial charge is 0.507 e. The summed E-state index contributed by atoms with van der Waals surface area (Å²) in [5.74, 6) is 0.255. The number of likely N-dealkylation sites (tertiary alicyclic amines) is 1. The molecule has 0 radical (unpaired) electrons. The molecule has 1 aliphatic heterocycles. The molecule has 1 saturated heterocycles. The highest BCUT2D eigenvalue weighted by atomic mass is 16.5. The number of hydrogen-bond donors (Lipinski definition) is 1. The van der Waals surface area contributed by atoms with Gasteiger partial charge in [-0.1, -0.05) is 38.5 Å². The van der Waals surface area contributed by atoms with Crippen LogP contribution in [0.5, 0.6) is 5.75 Å². The summed E-state index contributed by atoms with van der Waals surface area (Å²) < 4.78 is 5.17. The van der Waals surface area contributed by atoms with Crippen LogP contribution in [0.1, 0.15) is 57.2 Å². The molecular formula is C20H31NO3. The number of benzene rings is 1. The van der Waals surface area contributed by atoms with Crippen LogP contribution in [0, 0.1) is 12.8 Å². The zero-order valence-electron chi connectivity index (χ0n) is 15.7. The molecule has 2 rings (SSSR count). The number of hydrogen-bond acceptors (Lipinski definition) is 4. The van der Waals surface area contributed by atoms with Crippen molar-refractivity contribution in [2.24, 2.45) is 5.92 Å². The third-order valence-corrected chi connectivity index (χ3v) is 4.66. The van der Waals surface area contributed by atoms with Gasteiger partial charge in [0.25, 0.3) is 0 Å². The Balaban J connectivity index is 2.16. The van der Waals surface area contributed by atoms with Crippen LogP contribution in [-0.4, -0.2) is 35.7 Å². The lowest BCUT2D eigenvalue weighted by atomic mass is 9.84. The molecule has 1 aliphatic rings. The van der Waals surface area contributed by atoms with Crippen molar-refractivity contribution in [3.63, 3.8) is 0 Å². The Morgan fingerprint density at radius 1 is 1.38 bits per heavy atom. The normalized spacial score (nSPS) is 19.3. The number of carbonyl (C=O) groups is 1. The molecule has 1 aromatic rings. The summed E-state index contributed by atoms with van der Waals surface area (Å²) in [6.07, 6.45) is 1.88. The fourth-order valence-corrected chi connectivity index (χ4v) is 3.44. The van der Waals surface area contributed by atoms with Crippen LogP contribution in [-0.2, 0) is 21.5 Å². The summed E-state index contributed by atoms with van der Waals surface area (Å²) in [6, 6.07) is 4.12. The second-order valence-corrected chi connectivity index (χ2v) is 7.90. The molecule has 0 saturated carbocycles. The maximum Gasteiger partial charge on any atom is 0.310 e. The van der Waals surface area contributed by atoms with Crippen molar-refractivity contribution < 1.29 is 14.6 Å². The van der Waals surface area contributed by atoms with E-state index >= 15 is 0 Å². The first-order valence-corrected chi connectivity index (χ1v) is 8.94.